The zero-order valence-electron chi connectivity index (χ0n) is 8.33. The van der Waals surface area contributed by atoms with Crippen molar-refractivity contribution in [3.05, 3.63) is 27.9 Å². The lowest BCUT2D eigenvalue weighted by molar-refractivity contribution is 0.658. The molecule has 2 heterocycles. The molecule has 2 rings (SSSR count). The third-order valence-corrected chi connectivity index (χ3v) is 3.88. The van der Waals surface area contributed by atoms with Crippen LogP contribution in [0.3, 0.4) is 0 Å². The molecule has 0 aliphatic heterocycles. The Labute approximate surface area is 101 Å². The van der Waals surface area contributed by atoms with Gasteiger partial charge in [-0.25, -0.2) is 4.98 Å². The van der Waals surface area contributed by atoms with Crippen molar-refractivity contribution in [1.29, 1.82) is 0 Å². The number of halogens is 1. The molecule has 1 atom stereocenters. The minimum Gasteiger partial charge on any atom is -0.340 e. The molecule has 0 spiro atoms. The summed E-state index contributed by atoms with van der Waals surface area (Å²) in [5.74, 6) is 0.858. The summed E-state index contributed by atoms with van der Waals surface area (Å²) in [7, 11) is 0. The zero-order valence-corrected chi connectivity index (χ0v) is 10.7. The van der Waals surface area contributed by atoms with E-state index in [4.69, 9.17) is 5.73 Å². The molecule has 80 valence electrons. The molecule has 0 amide bonds. The van der Waals surface area contributed by atoms with Gasteiger partial charge in [-0.15, -0.1) is 11.3 Å². The van der Waals surface area contributed by atoms with E-state index in [2.05, 4.69) is 38.9 Å². The average molecular weight is 286 g/mol. The Bertz CT molecular complexity index is 449. The molecule has 1 unspecified atom stereocenters. The van der Waals surface area contributed by atoms with Crippen LogP contribution in [0.15, 0.2) is 22.1 Å². The minimum atomic E-state index is 0.00199. The van der Waals surface area contributed by atoms with Gasteiger partial charge in [0.25, 0.3) is 0 Å². The second-order valence-electron chi connectivity index (χ2n) is 3.30. The van der Waals surface area contributed by atoms with E-state index in [9.17, 15) is 0 Å². The summed E-state index contributed by atoms with van der Waals surface area (Å²) in [4.78, 5) is 8.70. The summed E-state index contributed by atoms with van der Waals surface area (Å²) in [6, 6.07) is 4.09. The van der Waals surface area contributed by atoms with E-state index in [1.165, 1.54) is 4.88 Å². The molecular weight excluding hydrogens is 274 g/mol. The number of H-pyrrole nitrogens is 1. The van der Waals surface area contributed by atoms with Crippen LogP contribution in [0, 0.1) is 0 Å². The van der Waals surface area contributed by atoms with Crippen LogP contribution < -0.4 is 5.73 Å². The van der Waals surface area contributed by atoms with Crippen molar-refractivity contribution in [3.8, 4) is 10.6 Å². The van der Waals surface area contributed by atoms with Crippen LogP contribution in [0.4, 0.5) is 0 Å². The average Bonchev–Trinajstić information content (AvgIpc) is 2.84. The number of aromatic amines is 1. The fourth-order valence-corrected chi connectivity index (χ4v) is 2.65. The quantitative estimate of drug-likeness (QED) is 0.909. The van der Waals surface area contributed by atoms with Crippen molar-refractivity contribution in [2.24, 2.45) is 5.73 Å². The molecule has 0 aliphatic rings. The molecule has 0 radical (unpaired) electrons. The molecule has 3 nitrogen and oxygen atoms in total. The number of hydrogen-bond acceptors (Lipinski definition) is 3. The van der Waals surface area contributed by atoms with Crippen LogP contribution in [-0.4, -0.2) is 9.97 Å². The Morgan fingerprint density at radius 3 is 3.00 bits per heavy atom. The number of thiophene rings is 1. The summed E-state index contributed by atoms with van der Waals surface area (Å²) in [5, 5.41) is 0. The highest BCUT2D eigenvalue weighted by Gasteiger charge is 2.09. The molecular formula is C10H12BrN3S. The van der Waals surface area contributed by atoms with E-state index >= 15 is 0 Å². The van der Waals surface area contributed by atoms with E-state index in [-0.39, 0.29) is 6.04 Å². The van der Waals surface area contributed by atoms with Crippen molar-refractivity contribution < 1.29 is 0 Å². The molecule has 2 aromatic heterocycles. The summed E-state index contributed by atoms with van der Waals surface area (Å²) < 4.78 is 1.12. The summed E-state index contributed by atoms with van der Waals surface area (Å²) in [5.41, 5.74) is 6.92. The highest BCUT2D eigenvalue weighted by Crippen LogP contribution is 2.30. The molecule has 0 aromatic carbocycles. The zero-order chi connectivity index (χ0) is 10.8. The van der Waals surface area contributed by atoms with E-state index in [0.717, 1.165) is 21.7 Å². The molecule has 2 aromatic rings. The number of nitrogens with zero attached hydrogens (tertiary/aromatic N) is 1. The Balaban J connectivity index is 2.27. The van der Waals surface area contributed by atoms with Crippen molar-refractivity contribution in [2.45, 2.75) is 19.4 Å². The first-order chi connectivity index (χ1) is 7.20. The molecule has 0 saturated heterocycles. The summed E-state index contributed by atoms with van der Waals surface area (Å²) >= 11 is 5.12. The van der Waals surface area contributed by atoms with Gasteiger partial charge in [0.1, 0.15) is 5.82 Å². The number of rotatable bonds is 3. The number of nitrogens with one attached hydrogen (secondary N) is 1. The topological polar surface area (TPSA) is 54.7 Å². The number of hydrogen-bond donors (Lipinski definition) is 2. The molecule has 0 fully saturated rings. The maximum Gasteiger partial charge on any atom is 0.123 e. The first-order valence-electron chi connectivity index (χ1n) is 4.77. The number of nitrogens with two attached hydrogens (primary N) is 1. The first kappa shape index (κ1) is 10.9. The molecule has 3 N–H and O–H groups in total. The van der Waals surface area contributed by atoms with Gasteiger partial charge in [0.2, 0.25) is 0 Å². The van der Waals surface area contributed by atoms with Crippen LogP contribution >= 0.6 is 27.3 Å². The van der Waals surface area contributed by atoms with Crippen molar-refractivity contribution in [2.75, 3.05) is 0 Å². The molecule has 0 saturated carbocycles. The molecule has 5 heteroatoms. The predicted octanol–water partition coefficient (Wildman–Crippen LogP) is 3.31. The third-order valence-electron chi connectivity index (χ3n) is 2.23. The Morgan fingerprint density at radius 1 is 1.60 bits per heavy atom. The minimum absolute atomic E-state index is 0.00199. The SMILES string of the molecule is CCC(N)c1ncc(-c2ccc(Br)s2)[nH]1. The van der Waals surface area contributed by atoms with E-state index in [0.29, 0.717) is 0 Å². The second kappa shape index (κ2) is 4.47. The fraction of sp³-hybridized carbons (Fsp3) is 0.300. The van der Waals surface area contributed by atoms with Crippen molar-refractivity contribution >= 4 is 27.3 Å². The smallest absolute Gasteiger partial charge is 0.123 e. The maximum atomic E-state index is 5.89. The van der Waals surface area contributed by atoms with E-state index < -0.39 is 0 Å². The van der Waals surface area contributed by atoms with E-state index in [1.807, 2.05) is 12.3 Å². The largest absolute Gasteiger partial charge is 0.340 e. The third kappa shape index (κ3) is 2.30. The number of aromatic nitrogens is 2. The van der Waals surface area contributed by atoms with Crippen molar-refractivity contribution in [3.63, 3.8) is 0 Å². The predicted molar refractivity (Wildman–Crippen MR) is 66.8 cm³/mol. The van der Waals surface area contributed by atoms with Crippen LogP contribution in [0.1, 0.15) is 25.2 Å². The van der Waals surface area contributed by atoms with E-state index in [1.54, 1.807) is 11.3 Å². The molecule has 15 heavy (non-hydrogen) atoms. The fourth-order valence-electron chi connectivity index (χ4n) is 1.30. The second-order valence-corrected chi connectivity index (χ2v) is 5.76. The van der Waals surface area contributed by atoms with Crippen LogP contribution in [0.25, 0.3) is 10.6 Å². The normalized spacial score (nSPS) is 13.0. The van der Waals surface area contributed by atoms with Gasteiger partial charge in [0.15, 0.2) is 0 Å². The Kier molecular flexibility index (Phi) is 3.23. The van der Waals surface area contributed by atoms with Gasteiger partial charge < -0.3 is 10.7 Å². The lowest BCUT2D eigenvalue weighted by Gasteiger charge is -2.02. The standard InChI is InChI=1S/C10H12BrN3S/c1-2-6(12)10-13-5-7(14-10)8-3-4-9(11)15-8/h3-6H,2,12H2,1H3,(H,13,14). The summed E-state index contributed by atoms with van der Waals surface area (Å²) in [6.07, 6.45) is 2.73. The van der Waals surface area contributed by atoms with Gasteiger partial charge in [0.05, 0.1) is 26.6 Å². The van der Waals surface area contributed by atoms with Crippen LogP contribution in [0.5, 0.6) is 0 Å². The van der Waals surface area contributed by atoms with Gasteiger partial charge in [-0.2, -0.15) is 0 Å². The van der Waals surface area contributed by atoms with Gasteiger partial charge in [-0.1, -0.05) is 6.92 Å². The van der Waals surface area contributed by atoms with Crippen LogP contribution in [-0.2, 0) is 0 Å². The summed E-state index contributed by atoms with van der Waals surface area (Å²) in [6.45, 7) is 2.05. The van der Waals surface area contributed by atoms with Gasteiger partial charge >= 0.3 is 0 Å². The van der Waals surface area contributed by atoms with Gasteiger partial charge in [0, 0.05) is 0 Å². The lowest BCUT2D eigenvalue weighted by atomic mass is 10.2. The maximum absolute atomic E-state index is 5.89. The Hall–Kier alpha value is -0.650. The molecule has 0 aliphatic carbocycles. The van der Waals surface area contributed by atoms with Gasteiger partial charge in [-0.3, -0.25) is 0 Å². The highest BCUT2D eigenvalue weighted by molar-refractivity contribution is 9.11. The number of imidazole rings is 1. The molecule has 0 bridgehead atoms. The Morgan fingerprint density at radius 2 is 2.40 bits per heavy atom. The lowest BCUT2D eigenvalue weighted by Crippen LogP contribution is -2.10. The highest BCUT2D eigenvalue weighted by atomic mass is 79.9. The van der Waals surface area contributed by atoms with Crippen molar-refractivity contribution in [1.82, 2.24) is 9.97 Å². The first-order valence-corrected chi connectivity index (χ1v) is 6.38. The van der Waals surface area contributed by atoms with Gasteiger partial charge in [-0.05, 0) is 34.5 Å². The monoisotopic (exact) mass is 285 g/mol. The van der Waals surface area contributed by atoms with Crippen LogP contribution in [0.2, 0.25) is 0 Å².